The molecule has 0 aromatic carbocycles. The number of halogens is 1. The molecule has 1 heterocycles. The molecule has 1 aliphatic carbocycles. The van der Waals surface area contributed by atoms with E-state index < -0.39 is 0 Å². The number of ether oxygens (including phenoxy) is 1. The zero-order valence-corrected chi connectivity index (χ0v) is 8.53. The minimum atomic E-state index is -0.345. The van der Waals surface area contributed by atoms with Gasteiger partial charge in [-0.25, -0.2) is 9.37 Å². The molecule has 82 valence electrons. The maximum atomic E-state index is 12.6. The second-order valence-electron chi connectivity index (χ2n) is 3.98. The Morgan fingerprint density at radius 3 is 2.93 bits per heavy atom. The van der Waals surface area contributed by atoms with Gasteiger partial charge in [0.25, 0.3) is 0 Å². The molecule has 0 radical (unpaired) electrons. The lowest BCUT2D eigenvalue weighted by Crippen LogP contribution is -2.33. The molecule has 1 aromatic heterocycles. The molecule has 0 amide bonds. The first-order chi connectivity index (χ1) is 7.24. The van der Waals surface area contributed by atoms with Gasteiger partial charge in [-0.15, -0.1) is 0 Å². The second-order valence-corrected chi connectivity index (χ2v) is 3.98. The van der Waals surface area contributed by atoms with Crippen molar-refractivity contribution < 1.29 is 9.13 Å². The van der Waals surface area contributed by atoms with Crippen molar-refractivity contribution in [1.82, 2.24) is 4.98 Å². The van der Waals surface area contributed by atoms with E-state index in [-0.39, 0.29) is 18.0 Å². The summed E-state index contributed by atoms with van der Waals surface area (Å²) in [6.07, 6.45) is 5.32. The van der Waals surface area contributed by atoms with Crippen LogP contribution in [-0.4, -0.2) is 17.1 Å². The Bertz CT molecular complexity index is 315. The summed E-state index contributed by atoms with van der Waals surface area (Å²) in [5.41, 5.74) is 5.84. The molecule has 3 nitrogen and oxygen atoms in total. The predicted molar refractivity (Wildman–Crippen MR) is 55.1 cm³/mol. The summed E-state index contributed by atoms with van der Waals surface area (Å²) in [4.78, 5) is 3.86. The van der Waals surface area contributed by atoms with Crippen molar-refractivity contribution in [3.05, 3.63) is 24.1 Å². The molecule has 4 heteroatoms. The lowest BCUT2D eigenvalue weighted by molar-refractivity contribution is 0.138. The largest absolute Gasteiger partial charge is 0.474 e. The average Bonchev–Trinajstić information content (AvgIpc) is 2.22. The summed E-state index contributed by atoms with van der Waals surface area (Å²) in [6, 6.07) is 3.13. The zero-order valence-electron chi connectivity index (χ0n) is 8.53. The third-order valence-corrected chi connectivity index (χ3v) is 2.65. The first kappa shape index (κ1) is 10.4. The fourth-order valence-corrected chi connectivity index (χ4v) is 1.89. The van der Waals surface area contributed by atoms with Gasteiger partial charge in [0.2, 0.25) is 5.88 Å². The van der Waals surface area contributed by atoms with Crippen LogP contribution in [0, 0.1) is 5.82 Å². The predicted octanol–water partition coefficient (Wildman–Crippen LogP) is 1.87. The SMILES string of the molecule is NC1CCCC(Oc2ccc(F)cn2)C1. The lowest BCUT2D eigenvalue weighted by Gasteiger charge is -2.26. The summed E-state index contributed by atoms with van der Waals surface area (Å²) in [7, 11) is 0. The van der Waals surface area contributed by atoms with Crippen LogP contribution in [0.3, 0.4) is 0 Å². The molecule has 1 aromatic rings. The van der Waals surface area contributed by atoms with Gasteiger partial charge < -0.3 is 10.5 Å². The van der Waals surface area contributed by atoms with Crippen molar-refractivity contribution in [2.75, 3.05) is 0 Å². The van der Waals surface area contributed by atoms with Gasteiger partial charge in [-0.1, -0.05) is 0 Å². The molecule has 15 heavy (non-hydrogen) atoms. The van der Waals surface area contributed by atoms with Crippen LogP contribution < -0.4 is 10.5 Å². The average molecular weight is 210 g/mol. The van der Waals surface area contributed by atoms with Crippen LogP contribution in [0.1, 0.15) is 25.7 Å². The second kappa shape index (κ2) is 4.57. The Labute approximate surface area is 88.5 Å². The molecule has 0 aliphatic heterocycles. The highest BCUT2D eigenvalue weighted by Gasteiger charge is 2.20. The molecule has 1 fully saturated rings. The van der Waals surface area contributed by atoms with Gasteiger partial charge in [0.15, 0.2) is 0 Å². The first-order valence-electron chi connectivity index (χ1n) is 5.28. The molecule has 2 N–H and O–H groups in total. The van der Waals surface area contributed by atoms with E-state index in [4.69, 9.17) is 10.5 Å². The Morgan fingerprint density at radius 2 is 2.27 bits per heavy atom. The van der Waals surface area contributed by atoms with Crippen LogP contribution in [0.2, 0.25) is 0 Å². The topological polar surface area (TPSA) is 48.1 Å². The van der Waals surface area contributed by atoms with Gasteiger partial charge >= 0.3 is 0 Å². The van der Waals surface area contributed by atoms with Gasteiger partial charge in [0, 0.05) is 12.1 Å². The van der Waals surface area contributed by atoms with Gasteiger partial charge in [-0.05, 0) is 31.7 Å². The van der Waals surface area contributed by atoms with Gasteiger partial charge in [-0.2, -0.15) is 0 Å². The maximum Gasteiger partial charge on any atom is 0.213 e. The Kier molecular flexibility index (Phi) is 3.16. The molecular weight excluding hydrogens is 195 g/mol. The van der Waals surface area contributed by atoms with Crippen LogP contribution in [0.4, 0.5) is 4.39 Å². The van der Waals surface area contributed by atoms with E-state index in [0.29, 0.717) is 5.88 Å². The summed E-state index contributed by atoms with van der Waals surface area (Å²) >= 11 is 0. The van der Waals surface area contributed by atoms with E-state index in [1.165, 1.54) is 6.07 Å². The summed E-state index contributed by atoms with van der Waals surface area (Å²) in [6.45, 7) is 0. The summed E-state index contributed by atoms with van der Waals surface area (Å²) < 4.78 is 18.2. The fourth-order valence-electron chi connectivity index (χ4n) is 1.89. The number of aromatic nitrogens is 1. The van der Waals surface area contributed by atoms with Gasteiger partial charge in [-0.3, -0.25) is 0 Å². The quantitative estimate of drug-likeness (QED) is 0.810. The molecule has 0 spiro atoms. The number of hydrogen-bond donors (Lipinski definition) is 1. The number of nitrogens with zero attached hydrogens (tertiary/aromatic N) is 1. The third kappa shape index (κ3) is 2.89. The number of rotatable bonds is 2. The number of pyridine rings is 1. The van der Waals surface area contributed by atoms with Crippen molar-refractivity contribution in [3.8, 4) is 5.88 Å². The molecule has 2 atom stereocenters. The van der Waals surface area contributed by atoms with E-state index in [9.17, 15) is 4.39 Å². The number of hydrogen-bond acceptors (Lipinski definition) is 3. The molecule has 2 unspecified atom stereocenters. The maximum absolute atomic E-state index is 12.6. The highest BCUT2D eigenvalue weighted by atomic mass is 19.1. The molecular formula is C11H15FN2O. The van der Waals surface area contributed by atoms with Crippen molar-refractivity contribution >= 4 is 0 Å². The minimum Gasteiger partial charge on any atom is -0.474 e. The first-order valence-corrected chi connectivity index (χ1v) is 5.28. The molecule has 1 aliphatic rings. The molecule has 1 saturated carbocycles. The van der Waals surface area contributed by atoms with Crippen LogP contribution in [0.15, 0.2) is 18.3 Å². The van der Waals surface area contributed by atoms with Crippen LogP contribution >= 0.6 is 0 Å². The van der Waals surface area contributed by atoms with E-state index in [2.05, 4.69) is 4.98 Å². The monoisotopic (exact) mass is 210 g/mol. The fraction of sp³-hybridized carbons (Fsp3) is 0.545. The Morgan fingerprint density at radius 1 is 1.40 bits per heavy atom. The standard InChI is InChI=1S/C11H15FN2O/c12-8-4-5-11(14-7-8)15-10-3-1-2-9(13)6-10/h4-5,7,9-10H,1-3,6,13H2. The number of nitrogens with two attached hydrogens (primary N) is 1. The molecule has 2 rings (SSSR count). The summed E-state index contributed by atoms with van der Waals surface area (Å²) in [5.74, 6) is 0.137. The Hall–Kier alpha value is -1.16. The zero-order chi connectivity index (χ0) is 10.7. The van der Waals surface area contributed by atoms with Crippen molar-refractivity contribution in [2.45, 2.75) is 37.8 Å². The minimum absolute atomic E-state index is 0.131. The summed E-state index contributed by atoms with van der Waals surface area (Å²) in [5, 5.41) is 0. The molecule has 0 bridgehead atoms. The van der Waals surface area contributed by atoms with Crippen molar-refractivity contribution in [1.29, 1.82) is 0 Å². The van der Waals surface area contributed by atoms with E-state index in [0.717, 1.165) is 31.9 Å². The van der Waals surface area contributed by atoms with Crippen LogP contribution in [0.5, 0.6) is 5.88 Å². The molecule has 0 saturated heterocycles. The van der Waals surface area contributed by atoms with E-state index in [1.54, 1.807) is 6.07 Å². The lowest BCUT2D eigenvalue weighted by atomic mass is 9.94. The van der Waals surface area contributed by atoms with Crippen molar-refractivity contribution in [2.24, 2.45) is 5.73 Å². The van der Waals surface area contributed by atoms with Crippen LogP contribution in [0.25, 0.3) is 0 Å². The smallest absolute Gasteiger partial charge is 0.213 e. The van der Waals surface area contributed by atoms with E-state index >= 15 is 0 Å². The Balaban J connectivity index is 1.93. The normalized spacial score (nSPS) is 26.3. The van der Waals surface area contributed by atoms with Crippen LogP contribution in [-0.2, 0) is 0 Å². The van der Waals surface area contributed by atoms with Gasteiger partial charge in [0.05, 0.1) is 6.20 Å². The third-order valence-electron chi connectivity index (χ3n) is 2.65. The van der Waals surface area contributed by atoms with Gasteiger partial charge in [0.1, 0.15) is 11.9 Å². The highest BCUT2D eigenvalue weighted by molar-refractivity contribution is 5.11. The van der Waals surface area contributed by atoms with E-state index in [1.807, 2.05) is 0 Å². The highest BCUT2D eigenvalue weighted by Crippen LogP contribution is 2.21. The van der Waals surface area contributed by atoms with Crippen molar-refractivity contribution in [3.63, 3.8) is 0 Å².